The van der Waals surface area contributed by atoms with Crippen molar-refractivity contribution in [1.29, 1.82) is 0 Å². The van der Waals surface area contributed by atoms with Gasteiger partial charge in [-0.15, -0.1) is 0 Å². The van der Waals surface area contributed by atoms with Crippen molar-refractivity contribution in [2.45, 2.75) is 33.6 Å². The summed E-state index contributed by atoms with van der Waals surface area (Å²) in [7, 11) is 0. The van der Waals surface area contributed by atoms with Crippen LogP contribution in [0.1, 0.15) is 39.2 Å². The van der Waals surface area contributed by atoms with Crippen LogP contribution in [0.25, 0.3) is 0 Å². The summed E-state index contributed by atoms with van der Waals surface area (Å²) in [6.45, 7) is 7.61. The molecular weight excluding hydrogens is 205 g/mol. The van der Waals surface area contributed by atoms with Gasteiger partial charge in [-0.1, -0.05) is 33.8 Å². The molecule has 1 N–H and O–H groups in total. The molecule has 3 heteroatoms. The molecule has 0 saturated heterocycles. The summed E-state index contributed by atoms with van der Waals surface area (Å²) in [5.74, 6) is -0.393. The fourth-order valence-corrected chi connectivity index (χ4v) is 1.27. The van der Waals surface area contributed by atoms with Gasteiger partial charge in [0.15, 0.2) is 0 Å². The topological polar surface area (TPSA) is 29.1 Å². The number of halogens is 1. The first-order valence-corrected chi connectivity index (χ1v) is 5.52. The maximum Gasteiger partial charge on any atom is 0.227 e. The Bertz CT molecular complexity index is 386. The molecule has 0 aliphatic heterocycles. The minimum atomic E-state index is -0.390. The zero-order valence-corrected chi connectivity index (χ0v) is 10.2. The molecule has 1 aromatic carbocycles. The van der Waals surface area contributed by atoms with Crippen LogP contribution in [0.2, 0.25) is 0 Å². The fraction of sp³-hybridized carbons (Fsp3) is 0.462. The van der Waals surface area contributed by atoms with Gasteiger partial charge in [0.05, 0.1) is 5.69 Å². The summed E-state index contributed by atoms with van der Waals surface area (Å²) in [6.07, 6.45) is 0. The maximum atomic E-state index is 13.4. The lowest BCUT2D eigenvalue weighted by Gasteiger charge is -2.12. The summed E-state index contributed by atoms with van der Waals surface area (Å²) >= 11 is 0. The Morgan fingerprint density at radius 3 is 2.38 bits per heavy atom. The van der Waals surface area contributed by atoms with Crippen molar-refractivity contribution < 1.29 is 9.18 Å². The molecule has 0 saturated carbocycles. The number of anilines is 1. The van der Waals surface area contributed by atoms with Crippen molar-refractivity contribution in [1.82, 2.24) is 0 Å². The quantitative estimate of drug-likeness (QED) is 0.834. The number of carbonyl (C=O) groups excluding carboxylic acids is 1. The van der Waals surface area contributed by atoms with Crippen LogP contribution >= 0.6 is 0 Å². The molecule has 0 radical (unpaired) electrons. The number of carbonyl (C=O) groups is 1. The minimum absolute atomic E-state index is 0.151. The number of nitrogens with one attached hydrogen (secondary N) is 1. The van der Waals surface area contributed by atoms with Gasteiger partial charge < -0.3 is 5.32 Å². The van der Waals surface area contributed by atoms with Crippen LogP contribution in [0.4, 0.5) is 10.1 Å². The first kappa shape index (κ1) is 12.7. The van der Waals surface area contributed by atoms with Crippen molar-refractivity contribution >= 4 is 11.6 Å². The van der Waals surface area contributed by atoms with Crippen molar-refractivity contribution in [2.24, 2.45) is 5.92 Å². The Morgan fingerprint density at radius 2 is 1.88 bits per heavy atom. The minimum Gasteiger partial charge on any atom is -0.323 e. The second-order valence-electron chi connectivity index (χ2n) is 4.54. The van der Waals surface area contributed by atoms with Gasteiger partial charge in [-0.25, -0.2) is 4.39 Å². The van der Waals surface area contributed by atoms with Gasteiger partial charge in [-0.2, -0.15) is 0 Å². The molecule has 2 nitrogen and oxygen atoms in total. The van der Waals surface area contributed by atoms with Gasteiger partial charge in [0.1, 0.15) is 5.82 Å². The Balaban J connectivity index is 2.94. The predicted octanol–water partition coefficient (Wildman–Crippen LogP) is 3.54. The van der Waals surface area contributed by atoms with E-state index < -0.39 is 5.82 Å². The van der Waals surface area contributed by atoms with Crippen LogP contribution < -0.4 is 5.32 Å². The Kier molecular flexibility index (Phi) is 4.05. The van der Waals surface area contributed by atoms with E-state index in [-0.39, 0.29) is 17.5 Å². The van der Waals surface area contributed by atoms with Crippen LogP contribution in [0.5, 0.6) is 0 Å². The lowest BCUT2D eigenvalue weighted by Crippen LogP contribution is -2.18. The first-order valence-electron chi connectivity index (χ1n) is 5.52. The van der Waals surface area contributed by atoms with Gasteiger partial charge in [0, 0.05) is 5.92 Å². The smallest absolute Gasteiger partial charge is 0.227 e. The van der Waals surface area contributed by atoms with E-state index in [1.165, 1.54) is 6.07 Å². The monoisotopic (exact) mass is 223 g/mol. The molecule has 0 atom stereocenters. The molecule has 1 aromatic rings. The van der Waals surface area contributed by atoms with E-state index in [0.29, 0.717) is 5.92 Å². The molecule has 0 spiro atoms. The Labute approximate surface area is 95.9 Å². The SMILES string of the molecule is CC(C)C(=O)Nc1cc(C(C)C)ccc1F. The average Bonchev–Trinajstić information content (AvgIpc) is 2.20. The van der Waals surface area contributed by atoms with Gasteiger partial charge in [0.25, 0.3) is 0 Å². The standard InChI is InChI=1S/C13H18FNO/c1-8(2)10-5-6-11(14)12(7-10)15-13(16)9(3)4/h5-9H,1-4H3,(H,15,16). The highest BCUT2D eigenvalue weighted by Gasteiger charge is 2.11. The third-order valence-corrected chi connectivity index (χ3v) is 2.44. The largest absolute Gasteiger partial charge is 0.323 e. The molecule has 0 unspecified atom stereocenters. The average molecular weight is 223 g/mol. The molecule has 1 amide bonds. The summed E-state index contributed by atoms with van der Waals surface area (Å²) < 4.78 is 13.4. The Hall–Kier alpha value is -1.38. The highest BCUT2D eigenvalue weighted by atomic mass is 19.1. The van der Waals surface area contributed by atoms with Crippen molar-refractivity contribution in [3.8, 4) is 0 Å². The third-order valence-electron chi connectivity index (χ3n) is 2.44. The van der Waals surface area contributed by atoms with E-state index in [4.69, 9.17) is 0 Å². The number of hydrogen-bond acceptors (Lipinski definition) is 1. The summed E-state index contributed by atoms with van der Waals surface area (Å²) in [5, 5.41) is 2.59. The van der Waals surface area contributed by atoms with Crippen LogP contribution in [0.15, 0.2) is 18.2 Å². The zero-order chi connectivity index (χ0) is 12.3. The number of hydrogen-bond donors (Lipinski definition) is 1. The van der Waals surface area contributed by atoms with E-state index in [0.717, 1.165) is 5.56 Å². The van der Waals surface area contributed by atoms with Crippen molar-refractivity contribution in [3.63, 3.8) is 0 Å². The lowest BCUT2D eigenvalue weighted by molar-refractivity contribution is -0.118. The second kappa shape index (κ2) is 5.10. The molecular formula is C13H18FNO. The maximum absolute atomic E-state index is 13.4. The van der Waals surface area contributed by atoms with Crippen LogP contribution in [0, 0.1) is 11.7 Å². The van der Waals surface area contributed by atoms with E-state index in [2.05, 4.69) is 5.32 Å². The van der Waals surface area contributed by atoms with Crippen LogP contribution in [-0.4, -0.2) is 5.91 Å². The molecule has 88 valence electrons. The van der Waals surface area contributed by atoms with Gasteiger partial charge in [0.2, 0.25) is 5.91 Å². The van der Waals surface area contributed by atoms with E-state index in [1.807, 2.05) is 13.8 Å². The number of rotatable bonds is 3. The third kappa shape index (κ3) is 3.05. The summed E-state index contributed by atoms with van der Waals surface area (Å²) in [6, 6.07) is 4.83. The van der Waals surface area contributed by atoms with Crippen LogP contribution in [-0.2, 0) is 4.79 Å². The molecule has 1 rings (SSSR count). The molecule has 0 aliphatic carbocycles. The van der Waals surface area contributed by atoms with Gasteiger partial charge >= 0.3 is 0 Å². The lowest BCUT2D eigenvalue weighted by atomic mass is 10.0. The number of benzene rings is 1. The van der Waals surface area contributed by atoms with Crippen LogP contribution in [0.3, 0.4) is 0 Å². The predicted molar refractivity (Wildman–Crippen MR) is 64.0 cm³/mol. The van der Waals surface area contributed by atoms with Gasteiger partial charge in [-0.3, -0.25) is 4.79 Å². The van der Waals surface area contributed by atoms with E-state index in [1.54, 1.807) is 26.0 Å². The van der Waals surface area contributed by atoms with E-state index in [9.17, 15) is 9.18 Å². The second-order valence-corrected chi connectivity index (χ2v) is 4.54. The molecule has 0 bridgehead atoms. The summed E-state index contributed by atoms with van der Waals surface area (Å²) in [5.41, 5.74) is 1.28. The molecule has 0 aliphatic rings. The van der Waals surface area contributed by atoms with Crippen molar-refractivity contribution in [2.75, 3.05) is 5.32 Å². The van der Waals surface area contributed by atoms with Gasteiger partial charge in [-0.05, 0) is 23.6 Å². The first-order chi connectivity index (χ1) is 7.41. The normalized spacial score (nSPS) is 10.9. The highest BCUT2D eigenvalue weighted by molar-refractivity contribution is 5.92. The Morgan fingerprint density at radius 1 is 1.25 bits per heavy atom. The fourth-order valence-electron chi connectivity index (χ4n) is 1.27. The number of amides is 1. The summed E-state index contributed by atoms with van der Waals surface area (Å²) in [4.78, 5) is 11.5. The molecule has 0 fully saturated rings. The molecule has 0 aromatic heterocycles. The van der Waals surface area contributed by atoms with E-state index >= 15 is 0 Å². The zero-order valence-electron chi connectivity index (χ0n) is 10.2. The highest BCUT2D eigenvalue weighted by Crippen LogP contribution is 2.22. The van der Waals surface area contributed by atoms with Crippen molar-refractivity contribution in [3.05, 3.63) is 29.6 Å². The molecule has 16 heavy (non-hydrogen) atoms. The molecule has 0 heterocycles.